The Morgan fingerprint density at radius 3 is 3.00 bits per heavy atom. The molecule has 0 radical (unpaired) electrons. The molecule has 0 aliphatic carbocycles. The third kappa shape index (κ3) is 1.78. The fraction of sp³-hybridized carbons (Fsp3) is 0.333. The maximum Gasteiger partial charge on any atom is 0.239 e. The van der Waals surface area contributed by atoms with Gasteiger partial charge in [0.25, 0.3) is 0 Å². The van der Waals surface area contributed by atoms with Gasteiger partial charge in [-0.05, 0) is 18.2 Å². The molecule has 1 aliphatic rings. The highest BCUT2D eigenvalue weighted by Crippen LogP contribution is 2.36. The SMILES string of the molecule is CC1(O)COc2cc(Br)ccc2O1. The van der Waals surface area contributed by atoms with Crippen molar-refractivity contribution in [3.8, 4) is 11.5 Å². The summed E-state index contributed by atoms with van der Waals surface area (Å²) >= 11 is 3.32. The lowest BCUT2D eigenvalue weighted by molar-refractivity contribution is -0.159. The summed E-state index contributed by atoms with van der Waals surface area (Å²) in [6.45, 7) is 1.72. The first kappa shape index (κ1) is 8.84. The molecule has 1 heterocycles. The van der Waals surface area contributed by atoms with Crippen molar-refractivity contribution in [3.63, 3.8) is 0 Å². The molecule has 0 bridgehead atoms. The highest BCUT2D eigenvalue weighted by atomic mass is 79.9. The number of rotatable bonds is 0. The molecule has 1 aromatic carbocycles. The van der Waals surface area contributed by atoms with E-state index >= 15 is 0 Å². The zero-order chi connectivity index (χ0) is 9.47. The quantitative estimate of drug-likeness (QED) is 0.758. The summed E-state index contributed by atoms with van der Waals surface area (Å²) in [6, 6.07) is 5.40. The predicted octanol–water partition coefficient (Wildman–Crippen LogP) is 1.93. The van der Waals surface area contributed by atoms with Gasteiger partial charge < -0.3 is 14.6 Å². The molecule has 1 unspecified atom stereocenters. The predicted molar refractivity (Wildman–Crippen MR) is 50.9 cm³/mol. The third-order valence-electron chi connectivity index (χ3n) is 1.73. The van der Waals surface area contributed by atoms with Crippen LogP contribution in [0, 0.1) is 0 Å². The molecular formula is C9H9BrO3. The lowest BCUT2D eigenvalue weighted by Gasteiger charge is -2.30. The van der Waals surface area contributed by atoms with Crippen LogP contribution in [0.2, 0.25) is 0 Å². The van der Waals surface area contributed by atoms with Crippen LogP contribution in [-0.4, -0.2) is 17.5 Å². The average Bonchev–Trinajstić information content (AvgIpc) is 2.05. The van der Waals surface area contributed by atoms with Gasteiger partial charge in [0.2, 0.25) is 5.79 Å². The summed E-state index contributed by atoms with van der Waals surface area (Å²) in [7, 11) is 0. The number of aliphatic hydroxyl groups is 1. The van der Waals surface area contributed by atoms with Crippen LogP contribution in [0.25, 0.3) is 0 Å². The first-order chi connectivity index (χ1) is 6.07. The lowest BCUT2D eigenvalue weighted by atomic mass is 10.2. The Morgan fingerprint density at radius 2 is 2.23 bits per heavy atom. The highest BCUT2D eigenvalue weighted by molar-refractivity contribution is 9.10. The van der Waals surface area contributed by atoms with E-state index in [1.807, 2.05) is 12.1 Å². The maximum atomic E-state index is 9.53. The molecule has 0 spiro atoms. The summed E-state index contributed by atoms with van der Waals surface area (Å²) in [5.74, 6) is 0.00115. The summed E-state index contributed by atoms with van der Waals surface area (Å²) < 4.78 is 11.5. The van der Waals surface area contributed by atoms with E-state index in [9.17, 15) is 5.11 Å². The first-order valence-corrected chi connectivity index (χ1v) is 4.70. The Kier molecular flexibility index (Phi) is 1.96. The van der Waals surface area contributed by atoms with E-state index in [-0.39, 0.29) is 6.61 Å². The Hall–Kier alpha value is -0.740. The number of ether oxygens (including phenoxy) is 2. The largest absolute Gasteiger partial charge is 0.483 e. The lowest BCUT2D eigenvalue weighted by Crippen LogP contribution is -2.41. The van der Waals surface area contributed by atoms with E-state index in [4.69, 9.17) is 9.47 Å². The van der Waals surface area contributed by atoms with E-state index in [0.717, 1.165) is 4.47 Å². The second-order valence-electron chi connectivity index (χ2n) is 3.16. The van der Waals surface area contributed by atoms with Crippen molar-refractivity contribution in [2.75, 3.05) is 6.61 Å². The molecule has 0 amide bonds. The minimum Gasteiger partial charge on any atom is -0.483 e. The number of hydrogen-bond donors (Lipinski definition) is 1. The Morgan fingerprint density at radius 1 is 1.46 bits per heavy atom. The average molecular weight is 245 g/mol. The van der Waals surface area contributed by atoms with Crippen LogP contribution in [0.5, 0.6) is 11.5 Å². The van der Waals surface area contributed by atoms with Crippen LogP contribution in [0.1, 0.15) is 6.92 Å². The zero-order valence-electron chi connectivity index (χ0n) is 7.08. The van der Waals surface area contributed by atoms with Gasteiger partial charge in [0, 0.05) is 11.4 Å². The van der Waals surface area contributed by atoms with Crippen molar-refractivity contribution in [2.45, 2.75) is 12.7 Å². The minimum absolute atomic E-state index is 0.149. The van der Waals surface area contributed by atoms with Crippen LogP contribution < -0.4 is 9.47 Å². The topological polar surface area (TPSA) is 38.7 Å². The molecular weight excluding hydrogens is 236 g/mol. The van der Waals surface area contributed by atoms with E-state index in [2.05, 4.69) is 15.9 Å². The highest BCUT2D eigenvalue weighted by Gasteiger charge is 2.30. The molecule has 0 saturated carbocycles. The number of hydrogen-bond acceptors (Lipinski definition) is 3. The van der Waals surface area contributed by atoms with Crippen LogP contribution in [-0.2, 0) is 0 Å². The van der Waals surface area contributed by atoms with Crippen LogP contribution in [0.3, 0.4) is 0 Å². The minimum atomic E-state index is -1.22. The summed E-state index contributed by atoms with van der Waals surface area (Å²) in [5.41, 5.74) is 0. The van der Waals surface area contributed by atoms with E-state index < -0.39 is 5.79 Å². The standard InChI is InChI=1S/C9H9BrO3/c1-9(11)5-12-8-4-6(10)2-3-7(8)13-9/h2-4,11H,5H2,1H3. The van der Waals surface area contributed by atoms with Crippen molar-refractivity contribution >= 4 is 15.9 Å². The molecule has 1 aliphatic heterocycles. The molecule has 4 heteroatoms. The van der Waals surface area contributed by atoms with Gasteiger partial charge in [0.15, 0.2) is 18.1 Å². The summed E-state index contributed by atoms with van der Waals surface area (Å²) in [4.78, 5) is 0. The Bertz CT molecular complexity index is 336. The molecule has 0 fully saturated rings. The fourth-order valence-electron chi connectivity index (χ4n) is 1.16. The molecule has 1 N–H and O–H groups in total. The Labute approximate surface area is 84.4 Å². The first-order valence-electron chi connectivity index (χ1n) is 3.91. The van der Waals surface area contributed by atoms with E-state index in [1.165, 1.54) is 0 Å². The van der Waals surface area contributed by atoms with Gasteiger partial charge in [0.1, 0.15) is 0 Å². The monoisotopic (exact) mass is 244 g/mol. The Balaban J connectivity index is 2.37. The van der Waals surface area contributed by atoms with Gasteiger partial charge in [-0.3, -0.25) is 0 Å². The van der Waals surface area contributed by atoms with Crippen LogP contribution in [0.4, 0.5) is 0 Å². The second-order valence-corrected chi connectivity index (χ2v) is 4.07. The van der Waals surface area contributed by atoms with Gasteiger partial charge in [-0.1, -0.05) is 15.9 Å². The summed E-state index contributed by atoms with van der Waals surface area (Å²) in [5, 5.41) is 9.53. The maximum absolute atomic E-state index is 9.53. The van der Waals surface area contributed by atoms with Crippen molar-refractivity contribution < 1.29 is 14.6 Å². The zero-order valence-corrected chi connectivity index (χ0v) is 8.67. The van der Waals surface area contributed by atoms with Crippen LogP contribution >= 0.6 is 15.9 Å². The van der Waals surface area contributed by atoms with Gasteiger partial charge in [-0.2, -0.15) is 0 Å². The van der Waals surface area contributed by atoms with E-state index in [0.29, 0.717) is 11.5 Å². The molecule has 0 aromatic heterocycles. The molecule has 3 nitrogen and oxygen atoms in total. The fourth-order valence-corrected chi connectivity index (χ4v) is 1.50. The molecule has 70 valence electrons. The van der Waals surface area contributed by atoms with Gasteiger partial charge in [-0.25, -0.2) is 0 Å². The second kappa shape index (κ2) is 2.89. The molecule has 2 rings (SSSR count). The van der Waals surface area contributed by atoms with Crippen LogP contribution in [0.15, 0.2) is 22.7 Å². The number of halogens is 1. The molecule has 1 aromatic rings. The van der Waals surface area contributed by atoms with Crippen molar-refractivity contribution in [1.29, 1.82) is 0 Å². The molecule has 1 atom stereocenters. The van der Waals surface area contributed by atoms with Gasteiger partial charge in [-0.15, -0.1) is 0 Å². The number of benzene rings is 1. The third-order valence-corrected chi connectivity index (χ3v) is 2.22. The van der Waals surface area contributed by atoms with Crippen molar-refractivity contribution in [3.05, 3.63) is 22.7 Å². The number of fused-ring (bicyclic) bond motifs is 1. The van der Waals surface area contributed by atoms with Gasteiger partial charge >= 0.3 is 0 Å². The molecule has 0 saturated heterocycles. The molecule has 13 heavy (non-hydrogen) atoms. The summed E-state index contributed by atoms with van der Waals surface area (Å²) in [6.07, 6.45) is 0. The smallest absolute Gasteiger partial charge is 0.239 e. The van der Waals surface area contributed by atoms with Crippen molar-refractivity contribution in [1.82, 2.24) is 0 Å². The van der Waals surface area contributed by atoms with E-state index in [1.54, 1.807) is 13.0 Å². The van der Waals surface area contributed by atoms with Crippen molar-refractivity contribution in [2.24, 2.45) is 0 Å². The normalized spacial score (nSPS) is 25.8. The van der Waals surface area contributed by atoms with Gasteiger partial charge in [0.05, 0.1) is 0 Å².